The molecule has 1 fully saturated rings. The van der Waals surface area contributed by atoms with Crippen molar-refractivity contribution in [1.82, 2.24) is 0 Å². The van der Waals surface area contributed by atoms with E-state index in [9.17, 15) is 9.59 Å². The average Bonchev–Trinajstić information content (AvgIpc) is 2.71. The van der Waals surface area contributed by atoms with Crippen LogP contribution in [0.3, 0.4) is 0 Å². The third-order valence-electron chi connectivity index (χ3n) is 4.07. The van der Waals surface area contributed by atoms with Crippen LogP contribution in [0.1, 0.15) is 38.7 Å². The van der Waals surface area contributed by atoms with Crippen LogP contribution in [0, 0.1) is 16.7 Å². The molecule has 0 saturated carbocycles. The molecule has 0 spiro atoms. The second-order valence-corrected chi connectivity index (χ2v) is 5.38. The number of hydrogen-bond acceptors (Lipinski definition) is 3. The van der Waals surface area contributed by atoms with E-state index in [2.05, 4.69) is 0 Å². The summed E-state index contributed by atoms with van der Waals surface area (Å²) in [6.07, 6.45) is 1.42. The lowest BCUT2D eigenvalue weighted by molar-refractivity contribution is -0.126. The lowest BCUT2D eigenvalue weighted by atomic mass is 9.81. The van der Waals surface area contributed by atoms with Gasteiger partial charge in [0.1, 0.15) is 0 Å². The van der Waals surface area contributed by atoms with E-state index < -0.39 is 5.41 Å². The average molecular weight is 291 g/mol. The summed E-state index contributed by atoms with van der Waals surface area (Å²) in [5.74, 6) is -0.472. The highest BCUT2D eigenvalue weighted by Crippen LogP contribution is 2.42. The summed E-state index contributed by atoms with van der Waals surface area (Å²) in [5, 5.41) is 9.24. The Morgan fingerprint density at radius 2 is 2.00 bits per heavy atom. The predicted molar refractivity (Wildman–Crippen MR) is 76.3 cm³/mol. The number of nitrogens with zero attached hydrogens (tertiary/aromatic N) is 2. The molecule has 0 atom stereocenters. The topological polar surface area (TPSA) is 61.2 Å². The first-order chi connectivity index (χ1) is 9.49. The van der Waals surface area contributed by atoms with Gasteiger partial charge in [-0.15, -0.1) is 0 Å². The number of hydrogen-bond donors (Lipinski definition) is 0. The first-order valence-corrected chi connectivity index (χ1v) is 6.94. The molecule has 2 amide bonds. The summed E-state index contributed by atoms with van der Waals surface area (Å²) >= 11 is 6.09. The highest BCUT2D eigenvalue weighted by atomic mass is 35.5. The molecule has 1 heterocycles. The van der Waals surface area contributed by atoms with Crippen LogP contribution in [0.5, 0.6) is 0 Å². The van der Waals surface area contributed by atoms with Gasteiger partial charge in [0.2, 0.25) is 11.8 Å². The summed E-state index contributed by atoms with van der Waals surface area (Å²) < 4.78 is 0. The molecule has 20 heavy (non-hydrogen) atoms. The summed E-state index contributed by atoms with van der Waals surface area (Å²) in [4.78, 5) is 26.0. The molecule has 1 aliphatic rings. The van der Waals surface area contributed by atoms with E-state index in [4.69, 9.17) is 16.9 Å². The molecular formula is C15H15ClN2O2. The van der Waals surface area contributed by atoms with Crippen LogP contribution in [-0.4, -0.2) is 11.8 Å². The number of carbonyl (C=O) groups excluding carboxylic acids is 2. The fraction of sp³-hybridized carbons (Fsp3) is 0.400. The van der Waals surface area contributed by atoms with Crippen molar-refractivity contribution < 1.29 is 9.59 Å². The fourth-order valence-corrected chi connectivity index (χ4v) is 2.80. The predicted octanol–water partition coefficient (Wildman–Crippen LogP) is 3.28. The molecule has 1 aromatic rings. The smallest absolute Gasteiger partial charge is 0.240 e. The Morgan fingerprint density at radius 1 is 1.35 bits per heavy atom. The van der Waals surface area contributed by atoms with E-state index in [0.717, 1.165) is 4.90 Å². The zero-order chi connectivity index (χ0) is 14.9. The Bertz CT molecular complexity index is 615. The van der Waals surface area contributed by atoms with Crippen LogP contribution < -0.4 is 4.90 Å². The third kappa shape index (κ3) is 2.08. The SMILES string of the molecule is CCC1(CC)CC(=O)N(c2cc(C#N)ccc2Cl)C1=O. The number of amides is 2. The normalized spacial score (nSPS) is 17.4. The molecular weight excluding hydrogens is 276 g/mol. The van der Waals surface area contributed by atoms with Crippen molar-refractivity contribution in [2.75, 3.05) is 4.90 Å². The van der Waals surface area contributed by atoms with Gasteiger partial charge in [-0.3, -0.25) is 9.59 Å². The summed E-state index contributed by atoms with van der Waals surface area (Å²) in [6, 6.07) is 6.57. The minimum absolute atomic E-state index is 0.200. The van der Waals surface area contributed by atoms with Gasteiger partial charge >= 0.3 is 0 Å². The molecule has 0 bridgehead atoms. The minimum Gasteiger partial charge on any atom is -0.274 e. The maximum Gasteiger partial charge on any atom is 0.240 e. The van der Waals surface area contributed by atoms with Crippen LogP contribution in [0.25, 0.3) is 0 Å². The van der Waals surface area contributed by atoms with Crippen LogP contribution >= 0.6 is 11.6 Å². The molecule has 0 N–H and O–H groups in total. The van der Waals surface area contributed by atoms with Gasteiger partial charge in [-0.1, -0.05) is 25.4 Å². The number of benzene rings is 1. The van der Waals surface area contributed by atoms with Crippen molar-refractivity contribution in [2.45, 2.75) is 33.1 Å². The van der Waals surface area contributed by atoms with Gasteiger partial charge in [0, 0.05) is 6.42 Å². The monoisotopic (exact) mass is 290 g/mol. The van der Waals surface area contributed by atoms with E-state index in [1.165, 1.54) is 12.1 Å². The zero-order valence-electron chi connectivity index (χ0n) is 11.4. The van der Waals surface area contributed by atoms with Crippen molar-refractivity contribution in [3.05, 3.63) is 28.8 Å². The lowest BCUT2D eigenvalue weighted by Gasteiger charge is -2.24. The van der Waals surface area contributed by atoms with E-state index in [0.29, 0.717) is 29.1 Å². The zero-order valence-corrected chi connectivity index (χ0v) is 12.2. The number of carbonyl (C=O) groups is 2. The first kappa shape index (κ1) is 14.5. The van der Waals surface area contributed by atoms with E-state index in [-0.39, 0.29) is 18.2 Å². The summed E-state index contributed by atoms with van der Waals surface area (Å²) in [6.45, 7) is 3.82. The number of halogens is 1. The quantitative estimate of drug-likeness (QED) is 0.803. The Balaban J connectivity index is 2.51. The molecule has 2 rings (SSSR count). The number of rotatable bonds is 3. The Morgan fingerprint density at radius 3 is 2.50 bits per heavy atom. The molecule has 0 radical (unpaired) electrons. The Hall–Kier alpha value is -1.86. The molecule has 0 unspecified atom stereocenters. The van der Waals surface area contributed by atoms with Crippen LogP contribution in [0.2, 0.25) is 5.02 Å². The van der Waals surface area contributed by atoms with Gasteiger partial charge in [0.25, 0.3) is 0 Å². The van der Waals surface area contributed by atoms with Gasteiger partial charge in [0.15, 0.2) is 0 Å². The van der Waals surface area contributed by atoms with Gasteiger partial charge in [0.05, 0.1) is 27.8 Å². The minimum atomic E-state index is -0.636. The largest absolute Gasteiger partial charge is 0.274 e. The van der Waals surface area contributed by atoms with Gasteiger partial charge in [-0.2, -0.15) is 5.26 Å². The maximum absolute atomic E-state index is 12.6. The lowest BCUT2D eigenvalue weighted by Crippen LogP contribution is -2.35. The maximum atomic E-state index is 12.6. The number of anilines is 1. The van der Waals surface area contributed by atoms with Crippen LogP contribution in [0.15, 0.2) is 18.2 Å². The highest BCUT2D eigenvalue weighted by molar-refractivity contribution is 6.36. The summed E-state index contributed by atoms with van der Waals surface area (Å²) in [7, 11) is 0. The molecule has 0 aliphatic carbocycles. The fourth-order valence-electron chi connectivity index (χ4n) is 2.59. The molecule has 5 heteroatoms. The van der Waals surface area contributed by atoms with Crippen molar-refractivity contribution in [2.24, 2.45) is 5.41 Å². The second kappa shape index (κ2) is 5.26. The molecule has 1 aliphatic heterocycles. The van der Waals surface area contributed by atoms with E-state index >= 15 is 0 Å². The van der Waals surface area contributed by atoms with Crippen molar-refractivity contribution in [3.63, 3.8) is 0 Å². The van der Waals surface area contributed by atoms with Gasteiger partial charge in [-0.05, 0) is 31.0 Å². The Kier molecular flexibility index (Phi) is 3.82. The molecule has 1 saturated heterocycles. The molecule has 0 aromatic heterocycles. The highest BCUT2D eigenvalue weighted by Gasteiger charge is 2.50. The van der Waals surface area contributed by atoms with Crippen molar-refractivity contribution >= 4 is 29.1 Å². The number of nitriles is 1. The molecule has 104 valence electrons. The third-order valence-corrected chi connectivity index (χ3v) is 4.39. The van der Waals surface area contributed by atoms with Crippen LogP contribution in [0.4, 0.5) is 5.69 Å². The summed E-state index contributed by atoms with van der Waals surface area (Å²) in [5.41, 5.74) is 0.0447. The van der Waals surface area contributed by atoms with Gasteiger partial charge < -0.3 is 0 Å². The standard InChI is InChI=1S/C15H15ClN2O2/c1-3-15(4-2)8-13(19)18(14(15)20)12-7-10(9-17)5-6-11(12)16/h5-7H,3-4,8H2,1-2H3. The molecule has 1 aromatic carbocycles. The van der Waals surface area contributed by atoms with E-state index in [1.54, 1.807) is 6.07 Å². The Labute approximate surface area is 122 Å². The first-order valence-electron chi connectivity index (χ1n) is 6.56. The van der Waals surface area contributed by atoms with Gasteiger partial charge in [-0.25, -0.2) is 4.90 Å². The van der Waals surface area contributed by atoms with Crippen molar-refractivity contribution in [1.29, 1.82) is 5.26 Å². The number of imide groups is 1. The molecule has 4 nitrogen and oxygen atoms in total. The second-order valence-electron chi connectivity index (χ2n) is 4.98. The van der Waals surface area contributed by atoms with E-state index in [1.807, 2.05) is 19.9 Å². The van der Waals surface area contributed by atoms with Crippen LogP contribution in [-0.2, 0) is 9.59 Å². The van der Waals surface area contributed by atoms with Crippen molar-refractivity contribution in [3.8, 4) is 6.07 Å².